The fourth-order valence-electron chi connectivity index (χ4n) is 4.25. The van der Waals surface area contributed by atoms with Gasteiger partial charge in [0.05, 0.1) is 19.8 Å². The van der Waals surface area contributed by atoms with Crippen LogP contribution >= 0.6 is 11.6 Å². The van der Waals surface area contributed by atoms with Gasteiger partial charge in [0.2, 0.25) is 0 Å². The summed E-state index contributed by atoms with van der Waals surface area (Å²) in [7, 11) is 4.89. The first-order chi connectivity index (χ1) is 16.5. The highest BCUT2D eigenvalue weighted by Gasteiger charge is 2.32. The third kappa shape index (κ3) is 9.66. The Balaban J connectivity index is 2.03. The molecular formula is C24H39ClN4O5. The Morgan fingerprint density at radius 2 is 2.09 bits per heavy atom. The van der Waals surface area contributed by atoms with Crippen molar-refractivity contribution in [2.24, 2.45) is 5.92 Å². The average molecular weight is 499 g/mol. The first-order valence-electron chi connectivity index (χ1n) is 11.9. The molecule has 0 bridgehead atoms. The molecule has 1 aliphatic rings. The minimum atomic E-state index is -0.495. The molecule has 0 aliphatic carbocycles. The lowest BCUT2D eigenvalue weighted by Crippen LogP contribution is -2.51. The smallest absolute Gasteiger partial charge is 0.406 e. The van der Waals surface area contributed by atoms with Gasteiger partial charge in [0.15, 0.2) is 0 Å². The van der Waals surface area contributed by atoms with Crippen LogP contribution in [0.5, 0.6) is 0 Å². The molecule has 1 aliphatic heterocycles. The van der Waals surface area contributed by atoms with Gasteiger partial charge in [0.25, 0.3) is 0 Å². The number of piperidine rings is 1. The van der Waals surface area contributed by atoms with E-state index in [0.29, 0.717) is 44.4 Å². The lowest BCUT2D eigenvalue weighted by molar-refractivity contribution is -0.00862. The van der Waals surface area contributed by atoms with E-state index in [1.165, 1.54) is 7.11 Å². The van der Waals surface area contributed by atoms with Gasteiger partial charge in [-0.15, -0.1) is 0 Å². The summed E-state index contributed by atoms with van der Waals surface area (Å²) in [6.45, 7) is 3.31. The second-order valence-electron chi connectivity index (χ2n) is 8.45. The minimum absolute atomic E-state index is 0.0393. The number of carbonyl (C=O) groups excluding carboxylic acids is 2. The fourth-order valence-corrected chi connectivity index (χ4v) is 4.45. The Hall–Kier alpha value is -2.07. The van der Waals surface area contributed by atoms with Crippen LogP contribution in [0.3, 0.4) is 0 Å². The van der Waals surface area contributed by atoms with Gasteiger partial charge in [-0.1, -0.05) is 23.7 Å². The maximum atomic E-state index is 13.1. The van der Waals surface area contributed by atoms with Gasteiger partial charge in [-0.05, 0) is 50.4 Å². The number of likely N-dealkylation sites (N-methyl/N-ethyl adjacent to an activating group) is 1. The molecule has 1 aromatic rings. The van der Waals surface area contributed by atoms with E-state index in [1.807, 2.05) is 36.2 Å². The predicted molar refractivity (Wildman–Crippen MR) is 132 cm³/mol. The summed E-state index contributed by atoms with van der Waals surface area (Å²) in [6, 6.07) is 7.60. The summed E-state index contributed by atoms with van der Waals surface area (Å²) >= 11 is 6.25. The second kappa shape index (κ2) is 15.8. The second-order valence-corrected chi connectivity index (χ2v) is 8.89. The predicted octanol–water partition coefficient (Wildman–Crippen LogP) is 3.19. The van der Waals surface area contributed by atoms with Gasteiger partial charge >= 0.3 is 12.1 Å². The molecule has 3 unspecified atom stereocenters. The lowest BCUT2D eigenvalue weighted by Gasteiger charge is -2.37. The highest BCUT2D eigenvalue weighted by Crippen LogP contribution is 2.34. The molecule has 1 aromatic carbocycles. The summed E-state index contributed by atoms with van der Waals surface area (Å²) in [5.41, 5.74) is 0.963. The van der Waals surface area contributed by atoms with Gasteiger partial charge < -0.3 is 35.1 Å². The standard InChI is InChI=1S/C24H39ClN4O5/c1-26-16-21(10-6-13-32-2)28-23(30)29-12-5-8-19(17-29)22(18-7-4-9-20(25)15-18)34-14-11-27-24(31)33-3/h4,7,9,15,19,21-22,26H,5-6,8,10-14,16-17H2,1-3H3,(H,27,31)(H,28,30). The molecule has 3 atom stereocenters. The van der Waals surface area contributed by atoms with Crippen molar-refractivity contribution in [3.63, 3.8) is 0 Å². The Morgan fingerprint density at radius 3 is 2.79 bits per heavy atom. The Labute approximate surface area is 207 Å². The first kappa shape index (κ1) is 28.2. The number of ether oxygens (including phenoxy) is 3. The highest BCUT2D eigenvalue weighted by atomic mass is 35.5. The zero-order valence-electron chi connectivity index (χ0n) is 20.5. The van der Waals surface area contributed by atoms with Crippen LogP contribution in [0.25, 0.3) is 0 Å². The van der Waals surface area contributed by atoms with Crippen LogP contribution in [-0.4, -0.2) is 83.7 Å². The molecule has 192 valence electrons. The molecule has 0 spiro atoms. The summed E-state index contributed by atoms with van der Waals surface area (Å²) in [6.07, 6.45) is 2.81. The van der Waals surface area contributed by atoms with Crippen LogP contribution in [0.1, 0.15) is 37.4 Å². The van der Waals surface area contributed by atoms with Crippen LogP contribution in [0, 0.1) is 5.92 Å². The molecule has 0 aromatic heterocycles. The largest absolute Gasteiger partial charge is 0.453 e. The van der Waals surface area contributed by atoms with Crippen molar-refractivity contribution < 1.29 is 23.8 Å². The molecule has 3 N–H and O–H groups in total. The van der Waals surface area contributed by atoms with Crippen LogP contribution in [0.15, 0.2) is 24.3 Å². The molecule has 1 saturated heterocycles. The van der Waals surface area contributed by atoms with Crippen LogP contribution in [0.2, 0.25) is 5.02 Å². The molecule has 2 rings (SSSR count). The number of amides is 3. The van der Waals surface area contributed by atoms with Gasteiger partial charge in [0, 0.05) is 56.9 Å². The van der Waals surface area contributed by atoms with Crippen LogP contribution < -0.4 is 16.0 Å². The van der Waals surface area contributed by atoms with E-state index < -0.39 is 6.09 Å². The summed E-state index contributed by atoms with van der Waals surface area (Å²) in [5, 5.41) is 9.59. The van der Waals surface area contributed by atoms with Gasteiger partial charge in [-0.2, -0.15) is 0 Å². The van der Waals surface area contributed by atoms with Gasteiger partial charge in [-0.3, -0.25) is 0 Å². The SMILES string of the molecule is CNCC(CCCOC)NC(=O)N1CCCC(C(OCCNC(=O)OC)c2cccc(Cl)c2)C1. The quantitative estimate of drug-likeness (QED) is 0.361. The van der Waals surface area contributed by atoms with Crippen molar-refractivity contribution in [2.75, 3.05) is 60.7 Å². The number of urea groups is 1. The molecule has 1 heterocycles. The highest BCUT2D eigenvalue weighted by molar-refractivity contribution is 6.30. The van der Waals surface area contributed by atoms with Crippen molar-refractivity contribution in [1.82, 2.24) is 20.9 Å². The van der Waals surface area contributed by atoms with E-state index in [1.54, 1.807) is 7.11 Å². The number of halogens is 1. The number of nitrogens with one attached hydrogen (secondary N) is 3. The van der Waals surface area contributed by atoms with E-state index in [-0.39, 0.29) is 24.1 Å². The van der Waals surface area contributed by atoms with E-state index in [9.17, 15) is 9.59 Å². The van der Waals surface area contributed by atoms with E-state index in [0.717, 1.165) is 31.2 Å². The average Bonchev–Trinajstić information content (AvgIpc) is 2.84. The summed E-state index contributed by atoms with van der Waals surface area (Å²) in [4.78, 5) is 26.3. The first-order valence-corrected chi connectivity index (χ1v) is 12.2. The number of hydrogen-bond donors (Lipinski definition) is 3. The monoisotopic (exact) mass is 498 g/mol. The topological polar surface area (TPSA) is 101 Å². The fraction of sp³-hybridized carbons (Fsp3) is 0.667. The number of carbonyl (C=O) groups is 2. The zero-order chi connectivity index (χ0) is 24.8. The molecule has 34 heavy (non-hydrogen) atoms. The molecule has 10 heteroatoms. The number of hydrogen-bond acceptors (Lipinski definition) is 6. The summed E-state index contributed by atoms with van der Waals surface area (Å²) in [5.74, 6) is 0.104. The molecule has 0 saturated carbocycles. The van der Waals surface area contributed by atoms with E-state index in [2.05, 4.69) is 20.7 Å². The lowest BCUT2D eigenvalue weighted by atomic mass is 9.88. The molecule has 1 fully saturated rings. The van der Waals surface area contributed by atoms with Crippen molar-refractivity contribution >= 4 is 23.7 Å². The molecule has 3 amide bonds. The van der Waals surface area contributed by atoms with E-state index >= 15 is 0 Å². The third-order valence-electron chi connectivity index (χ3n) is 5.88. The number of alkyl carbamates (subject to hydrolysis) is 1. The van der Waals surface area contributed by atoms with Crippen molar-refractivity contribution in [3.8, 4) is 0 Å². The Kier molecular flexibility index (Phi) is 13.1. The molecule has 0 radical (unpaired) electrons. The zero-order valence-corrected chi connectivity index (χ0v) is 21.2. The van der Waals surface area contributed by atoms with Crippen LogP contribution in [0.4, 0.5) is 9.59 Å². The number of nitrogens with zero attached hydrogens (tertiary/aromatic N) is 1. The van der Waals surface area contributed by atoms with Crippen molar-refractivity contribution in [3.05, 3.63) is 34.9 Å². The number of benzene rings is 1. The van der Waals surface area contributed by atoms with Gasteiger partial charge in [-0.25, -0.2) is 9.59 Å². The normalized spacial score (nSPS) is 17.6. The molecule has 9 nitrogen and oxygen atoms in total. The Morgan fingerprint density at radius 1 is 1.26 bits per heavy atom. The van der Waals surface area contributed by atoms with Gasteiger partial charge in [0.1, 0.15) is 0 Å². The van der Waals surface area contributed by atoms with E-state index in [4.69, 9.17) is 21.1 Å². The van der Waals surface area contributed by atoms with Crippen LogP contribution in [-0.2, 0) is 14.2 Å². The molecular weight excluding hydrogens is 460 g/mol. The van der Waals surface area contributed by atoms with Crippen molar-refractivity contribution in [2.45, 2.75) is 37.8 Å². The number of methoxy groups -OCH3 is 2. The number of rotatable bonds is 13. The van der Waals surface area contributed by atoms with Crippen molar-refractivity contribution in [1.29, 1.82) is 0 Å². The maximum absolute atomic E-state index is 13.1. The minimum Gasteiger partial charge on any atom is -0.453 e. The Bertz CT molecular complexity index is 754. The maximum Gasteiger partial charge on any atom is 0.406 e. The summed E-state index contributed by atoms with van der Waals surface area (Å²) < 4.78 is 16.0. The number of likely N-dealkylation sites (tertiary alicyclic amines) is 1. The third-order valence-corrected chi connectivity index (χ3v) is 6.12.